The summed E-state index contributed by atoms with van der Waals surface area (Å²) in [6, 6.07) is 15.8. The first-order valence-electron chi connectivity index (χ1n) is 9.92. The molecule has 1 aromatic heterocycles. The van der Waals surface area contributed by atoms with Crippen molar-refractivity contribution in [3.8, 4) is 11.3 Å². The molecule has 0 saturated heterocycles. The summed E-state index contributed by atoms with van der Waals surface area (Å²) in [6.07, 6.45) is 3.13. The summed E-state index contributed by atoms with van der Waals surface area (Å²) in [4.78, 5) is 25.2. The van der Waals surface area contributed by atoms with Gasteiger partial charge in [-0.05, 0) is 67.6 Å². The lowest BCUT2D eigenvalue weighted by molar-refractivity contribution is -0.114. The monoisotopic (exact) mass is 524 g/mol. The number of benzene rings is 2. The smallest absolute Gasteiger partial charge is 0.339 e. The molecule has 2 aromatic carbocycles. The van der Waals surface area contributed by atoms with E-state index in [1.54, 1.807) is 43.3 Å². The van der Waals surface area contributed by atoms with Crippen molar-refractivity contribution in [1.29, 1.82) is 0 Å². The molecule has 1 amide bonds. The lowest BCUT2D eigenvalue weighted by atomic mass is 10.1. The molecule has 0 N–H and O–H groups in total. The van der Waals surface area contributed by atoms with Gasteiger partial charge in [-0.2, -0.15) is 10.1 Å². The van der Waals surface area contributed by atoms with Gasteiger partial charge in [0.05, 0.1) is 27.6 Å². The number of amides is 1. The van der Waals surface area contributed by atoms with E-state index >= 15 is 0 Å². The number of hydrazone groups is 1. The summed E-state index contributed by atoms with van der Waals surface area (Å²) in [5.74, 6) is 0.200. The van der Waals surface area contributed by atoms with E-state index in [2.05, 4.69) is 27.6 Å². The van der Waals surface area contributed by atoms with Crippen molar-refractivity contribution >= 4 is 56.9 Å². The molecule has 33 heavy (non-hydrogen) atoms. The molecule has 0 saturated carbocycles. The van der Waals surface area contributed by atoms with E-state index in [1.807, 2.05) is 24.3 Å². The fourth-order valence-corrected chi connectivity index (χ4v) is 3.68. The van der Waals surface area contributed by atoms with Gasteiger partial charge in [-0.15, -0.1) is 0 Å². The van der Waals surface area contributed by atoms with Gasteiger partial charge < -0.3 is 9.15 Å². The van der Waals surface area contributed by atoms with Crippen molar-refractivity contribution in [2.45, 2.75) is 6.92 Å². The first-order valence-corrected chi connectivity index (χ1v) is 11.1. The van der Waals surface area contributed by atoms with Gasteiger partial charge in [0.2, 0.25) is 0 Å². The number of carbonyl (C=O) groups excluding carboxylic acids is 2. The maximum absolute atomic E-state index is 12.9. The molecule has 1 aliphatic rings. The zero-order valence-electron chi connectivity index (χ0n) is 17.5. The van der Waals surface area contributed by atoms with E-state index in [9.17, 15) is 9.59 Å². The Kier molecular flexibility index (Phi) is 6.62. The van der Waals surface area contributed by atoms with Crippen LogP contribution in [0.15, 0.2) is 86.8 Å². The summed E-state index contributed by atoms with van der Waals surface area (Å²) in [7, 11) is 0. The molecule has 8 heteroatoms. The first-order chi connectivity index (χ1) is 15.9. The highest BCUT2D eigenvalue weighted by Gasteiger charge is 2.29. The van der Waals surface area contributed by atoms with Crippen LogP contribution in [0.4, 0.5) is 5.69 Å². The zero-order valence-corrected chi connectivity index (χ0v) is 19.9. The molecule has 0 radical (unpaired) electrons. The van der Waals surface area contributed by atoms with Gasteiger partial charge in [-0.3, -0.25) is 4.79 Å². The number of furan rings is 1. The third kappa shape index (κ3) is 4.84. The van der Waals surface area contributed by atoms with Crippen LogP contribution in [-0.2, 0) is 9.53 Å². The van der Waals surface area contributed by atoms with Crippen LogP contribution >= 0.6 is 27.5 Å². The quantitative estimate of drug-likeness (QED) is 0.209. The SMILES string of the molecule is C=CCOC(=O)c1cc(-c2ccc(C=C3C(=O)N(c4ccc(Br)cc4)N=C3C)o2)ccc1Cl. The predicted molar refractivity (Wildman–Crippen MR) is 132 cm³/mol. The minimum atomic E-state index is -0.549. The standard InChI is InChI=1S/C25H18BrClN2O4/c1-3-12-32-25(31)21-13-16(4-10-22(21)27)23-11-9-19(33-23)14-20-15(2)28-29(24(20)30)18-7-5-17(26)6-8-18/h3-11,13-14H,1,12H2,2H3. The van der Waals surface area contributed by atoms with Crippen LogP contribution in [0.1, 0.15) is 23.0 Å². The summed E-state index contributed by atoms with van der Waals surface area (Å²) >= 11 is 9.54. The Morgan fingerprint density at radius 1 is 1.21 bits per heavy atom. The van der Waals surface area contributed by atoms with Gasteiger partial charge in [0.15, 0.2) is 0 Å². The van der Waals surface area contributed by atoms with Crippen molar-refractivity contribution in [1.82, 2.24) is 0 Å². The Bertz CT molecular complexity index is 1310. The van der Waals surface area contributed by atoms with Crippen LogP contribution in [0.2, 0.25) is 5.02 Å². The maximum Gasteiger partial charge on any atom is 0.339 e. The molecule has 0 atom stereocenters. The van der Waals surface area contributed by atoms with Gasteiger partial charge in [0.25, 0.3) is 5.91 Å². The second kappa shape index (κ2) is 9.60. The van der Waals surface area contributed by atoms with Gasteiger partial charge >= 0.3 is 5.97 Å². The summed E-state index contributed by atoms with van der Waals surface area (Å²) in [5, 5.41) is 6.01. The molecule has 3 aromatic rings. The number of rotatable bonds is 6. The average molecular weight is 526 g/mol. The number of esters is 1. The number of hydrogen-bond donors (Lipinski definition) is 0. The molecule has 0 bridgehead atoms. The Hall–Kier alpha value is -3.42. The number of carbonyl (C=O) groups is 2. The first kappa shape index (κ1) is 22.8. The average Bonchev–Trinajstić information content (AvgIpc) is 3.38. The highest BCUT2D eigenvalue weighted by atomic mass is 79.9. The second-order valence-electron chi connectivity index (χ2n) is 7.12. The normalized spacial score (nSPS) is 14.5. The van der Waals surface area contributed by atoms with Crippen molar-refractivity contribution in [3.05, 3.63) is 93.6 Å². The number of anilines is 1. The molecule has 0 unspecified atom stereocenters. The molecular formula is C25H18BrClN2O4. The summed E-state index contributed by atoms with van der Waals surface area (Å²) < 4.78 is 11.9. The minimum Gasteiger partial charge on any atom is -0.458 e. The molecule has 1 aliphatic heterocycles. The minimum absolute atomic E-state index is 0.0874. The number of ether oxygens (including phenoxy) is 1. The second-order valence-corrected chi connectivity index (χ2v) is 8.44. The Morgan fingerprint density at radius 3 is 2.70 bits per heavy atom. The van der Waals surface area contributed by atoms with Gasteiger partial charge in [0, 0.05) is 10.0 Å². The molecule has 166 valence electrons. The highest BCUT2D eigenvalue weighted by Crippen LogP contribution is 2.30. The van der Waals surface area contributed by atoms with E-state index in [-0.39, 0.29) is 23.1 Å². The molecule has 6 nitrogen and oxygen atoms in total. The highest BCUT2D eigenvalue weighted by molar-refractivity contribution is 9.10. The van der Waals surface area contributed by atoms with Crippen LogP contribution in [0.25, 0.3) is 17.4 Å². The third-order valence-corrected chi connectivity index (χ3v) is 5.71. The number of hydrogen-bond acceptors (Lipinski definition) is 5. The topological polar surface area (TPSA) is 72.1 Å². The lowest BCUT2D eigenvalue weighted by Crippen LogP contribution is -2.21. The maximum atomic E-state index is 12.9. The summed E-state index contributed by atoms with van der Waals surface area (Å²) in [6.45, 7) is 5.38. The largest absolute Gasteiger partial charge is 0.458 e. The molecule has 0 spiro atoms. The van der Waals surface area contributed by atoms with Crippen molar-refractivity contribution in [2.24, 2.45) is 5.10 Å². The van der Waals surface area contributed by atoms with E-state index in [1.165, 1.54) is 11.1 Å². The van der Waals surface area contributed by atoms with Crippen molar-refractivity contribution < 1.29 is 18.7 Å². The lowest BCUT2D eigenvalue weighted by Gasteiger charge is -2.11. The van der Waals surface area contributed by atoms with Crippen LogP contribution < -0.4 is 5.01 Å². The fourth-order valence-electron chi connectivity index (χ4n) is 3.22. The number of nitrogens with zero attached hydrogens (tertiary/aromatic N) is 2. The van der Waals surface area contributed by atoms with Crippen LogP contribution in [-0.4, -0.2) is 24.2 Å². The summed E-state index contributed by atoms with van der Waals surface area (Å²) in [5.41, 5.74) is 2.56. The Balaban J connectivity index is 1.58. The molecule has 4 rings (SSSR count). The van der Waals surface area contributed by atoms with Crippen LogP contribution in [0.5, 0.6) is 0 Å². The van der Waals surface area contributed by atoms with E-state index < -0.39 is 5.97 Å². The zero-order chi connectivity index (χ0) is 23.5. The third-order valence-electron chi connectivity index (χ3n) is 4.85. The molecule has 0 fully saturated rings. The van der Waals surface area contributed by atoms with Gasteiger partial charge in [0.1, 0.15) is 18.1 Å². The molecular weight excluding hydrogens is 508 g/mol. The molecule has 0 aliphatic carbocycles. The van der Waals surface area contributed by atoms with Gasteiger partial charge in [-0.1, -0.05) is 40.2 Å². The van der Waals surface area contributed by atoms with E-state index in [0.717, 1.165) is 4.47 Å². The Labute approximate surface area is 203 Å². The van der Waals surface area contributed by atoms with Crippen LogP contribution in [0.3, 0.4) is 0 Å². The fraction of sp³-hybridized carbons (Fsp3) is 0.0800. The molecule has 2 heterocycles. The van der Waals surface area contributed by atoms with E-state index in [4.69, 9.17) is 20.8 Å². The van der Waals surface area contributed by atoms with Gasteiger partial charge in [-0.25, -0.2) is 4.79 Å². The Morgan fingerprint density at radius 2 is 1.97 bits per heavy atom. The van der Waals surface area contributed by atoms with Crippen molar-refractivity contribution in [3.63, 3.8) is 0 Å². The predicted octanol–water partition coefficient (Wildman–Crippen LogP) is 6.51. The van der Waals surface area contributed by atoms with Crippen molar-refractivity contribution in [2.75, 3.05) is 11.6 Å². The van der Waals surface area contributed by atoms with E-state index in [0.29, 0.717) is 34.1 Å². The van der Waals surface area contributed by atoms with Crippen LogP contribution in [0, 0.1) is 0 Å². The number of halogens is 2.